The molecule has 0 spiro atoms. The minimum atomic E-state index is 0.525. The van der Waals surface area contributed by atoms with Crippen molar-refractivity contribution in [2.45, 2.75) is 20.8 Å². The lowest BCUT2D eigenvalue weighted by molar-refractivity contribution is 0.483. The first-order chi connectivity index (χ1) is 14.6. The van der Waals surface area contributed by atoms with Gasteiger partial charge in [-0.2, -0.15) is 4.98 Å². The van der Waals surface area contributed by atoms with Gasteiger partial charge in [-0.15, -0.1) is 0 Å². The van der Waals surface area contributed by atoms with Crippen molar-refractivity contribution in [3.8, 4) is 11.5 Å². The zero-order valence-electron chi connectivity index (χ0n) is 17.3. The number of aromatic nitrogens is 2. The van der Waals surface area contributed by atoms with Crippen LogP contribution >= 0.6 is 0 Å². The first-order valence-electron chi connectivity index (χ1n) is 9.85. The van der Waals surface area contributed by atoms with Crippen LogP contribution in [-0.4, -0.2) is 9.97 Å². The Labute approximate surface area is 176 Å². The number of anilines is 4. The summed E-state index contributed by atoms with van der Waals surface area (Å²) in [5, 5.41) is 6.60. The molecule has 5 nitrogen and oxygen atoms in total. The summed E-state index contributed by atoms with van der Waals surface area (Å²) in [7, 11) is 0. The van der Waals surface area contributed by atoms with E-state index >= 15 is 0 Å². The van der Waals surface area contributed by atoms with Crippen LogP contribution in [0.1, 0.15) is 16.7 Å². The van der Waals surface area contributed by atoms with Crippen molar-refractivity contribution in [2.24, 2.45) is 0 Å². The standard InChI is InChI=1S/C25H24N4O/c1-17-15-21(16-18(2)19(17)3)27-24-13-14-26-25(29-24)28-20-9-11-23(12-10-20)30-22-7-5-4-6-8-22/h4-16H,1-3H3,(H2,26,27,28,29). The molecule has 0 aliphatic carbocycles. The van der Waals surface area contributed by atoms with E-state index in [-0.39, 0.29) is 0 Å². The lowest BCUT2D eigenvalue weighted by Crippen LogP contribution is -2.01. The van der Waals surface area contributed by atoms with Crippen molar-refractivity contribution in [1.29, 1.82) is 0 Å². The Balaban J connectivity index is 1.44. The number of nitrogens with zero attached hydrogens (tertiary/aromatic N) is 2. The van der Waals surface area contributed by atoms with E-state index in [1.165, 1.54) is 16.7 Å². The van der Waals surface area contributed by atoms with Gasteiger partial charge in [0.05, 0.1) is 0 Å². The van der Waals surface area contributed by atoms with Gasteiger partial charge in [0.15, 0.2) is 0 Å². The van der Waals surface area contributed by atoms with E-state index in [2.05, 4.69) is 53.5 Å². The minimum Gasteiger partial charge on any atom is -0.457 e. The molecule has 0 bridgehead atoms. The number of benzene rings is 3. The topological polar surface area (TPSA) is 59.1 Å². The summed E-state index contributed by atoms with van der Waals surface area (Å²) in [5.41, 5.74) is 5.72. The highest BCUT2D eigenvalue weighted by molar-refractivity contribution is 5.62. The minimum absolute atomic E-state index is 0.525. The lowest BCUT2D eigenvalue weighted by Gasteiger charge is -2.12. The molecule has 0 unspecified atom stereocenters. The Morgan fingerprint density at radius 2 is 1.37 bits per heavy atom. The summed E-state index contributed by atoms with van der Waals surface area (Å²) in [5.74, 6) is 2.84. The van der Waals surface area contributed by atoms with Gasteiger partial charge >= 0.3 is 0 Å². The Kier molecular flexibility index (Phi) is 5.61. The van der Waals surface area contributed by atoms with Crippen molar-refractivity contribution < 1.29 is 4.74 Å². The zero-order valence-corrected chi connectivity index (χ0v) is 17.3. The normalized spacial score (nSPS) is 10.5. The molecule has 4 aromatic rings. The molecule has 0 atom stereocenters. The van der Waals surface area contributed by atoms with Crippen molar-refractivity contribution in [2.75, 3.05) is 10.6 Å². The average molecular weight is 396 g/mol. The van der Waals surface area contributed by atoms with Gasteiger partial charge < -0.3 is 15.4 Å². The van der Waals surface area contributed by atoms with E-state index in [1.54, 1.807) is 6.20 Å². The Morgan fingerprint density at radius 3 is 2.07 bits per heavy atom. The second-order valence-electron chi connectivity index (χ2n) is 7.19. The van der Waals surface area contributed by atoms with E-state index in [0.29, 0.717) is 5.95 Å². The molecule has 5 heteroatoms. The molecule has 1 aromatic heterocycles. The quantitative estimate of drug-likeness (QED) is 0.381. The molecule has 0 fully saturated rings. The third-order valence-electron chi connectivity index (χ3n) is 4.94. The third-order valence-corrected chi connectivity index (χ3v) is 4.94. The fraction of sp³-hybridized carbons (Fsp3) is 0.120. The molecule has 0 saturated carbocycles. The Morgan fingerprint density at radius 1 is 0.700 bits per heavy atom. The molecule has 1 heterocycles. The van der Waals surface area contributed by atoms with Gasteiger partial charge in [-0.3, -0.25) is 0 Å². The highest BCUT2D eigenvalue weighted by atomic mass is 16.5. The molecule has 0 saturated heterocycles. The second-order valence-corrected chi connectivity index (χ2v) is 7.19. The van der Waals surface area contributed by atoms with Gasteiger partial charge in [0, 0.05) is 17.6 Å². The molecule has 4 rings (SSSR count). The first kappa shape index (κ1) is 19.5. The van der Waals surface area contributed by atoms with Gasteiger partial charge in [0.1, 0.15) is 17.3 Å². The molecular formula is C25H24N4O. The maximum atomic E-state index is 5.83. The van der Waals surface area contributed by atoms with Gasteiger partial charge in [-0.1, -0.05) is 18.2 Å². The monoisotopic (exact) mass is 396 g/mol. The number of para-hydroxylation sites is 1. The summed E-state index contributed by atoms with van der Waals surface area (Å²) in [4.78, 5) is 8.89. The zero-order chi connectivity index (χ0) is 20.9. The van der Waals surface area contributed by atoms with Crippen LogP contribution in [0.15, 0.2) is 79.0 Å². The summed E-state index contributed by atoms with van der Waals surface area (Å²) in [6.07, 6.45) is 1.73. The van der Waals surface area contributed by atoms with Crippen molar-refractivity contribution in [1.82, 2.24) is 9.97 Å². The average Bonchev–Trinajstić information content (AvgIpc) is 2.74. The van der Waals surface area contributed by atoms with E-state index in [0.717, 1.165) is 28.7 Å². The summed E-state index contributed by atoms with van der Waals surface area (Å²) >= 11 is 0. The van der Waals surface area contributed by atoms with E-state index in [9.17, 15) is 0 Å². The maximum Gasteiger partial charge on any atom is 0.229 e. The number of aryl methyl sites for hydroxylation is 2. The molecule has 30 heavy (non-hydrogen) atoms. The number of rotatable bonds is 6. The van der Waals surface area contributed by atoms with Gasteiger partial charge in [0.2, 0.25) is 5.95 Å². The first-order valence-corrected chi connectivity index (χ1v) is 9.85. The summed E-state index contributed by atoms with van der Waals surface area (Å²) < 4.78 is 5.83. The van der Waals surface area contributed by atoms with Crippen LogP contribution in [0.2, 0.25) is 0 Å². The molecule has 0 amide bonds. The predicted molar refractivity (Wildman–Crippen MR) is 122 cm³/mol. The van der Waals surface area contributed by atoms with Crippen molar-refractivity contribution in [3.63, 3.8) is 0 Å². The Bertz CT molecular complexity index is 1120. The van der Waals surface area contributed by atoms with Crippen molar-refractivity contribution >= 4 is 23.1 Å². The predicted octanol–water partition coefficient (Wildman–Crippen LogP) is 6.68. The van der Waals surface area contributed by atoms with Crippen LogP contribution < -0.4 is 15.4 Å². The van der Waals surface area contributed by atoms with Crippen molar-refractivity contribution in [3.05, 3.63) is 95.7 Å². The smallest absolute Gasteiger partial charge is 0.229 e. The van der Waals surface area contributed by atoms with Crippen LogP contribution in [0.4, 0.5) is 23.1 Å². The lowest BCUT2D eigenvalue weighted by atomic mass is 10.0. The van der Waals surface area contributed by atoms with Gasteiger partial charge in [0.25, 0.3) is 0 Å². The van der Waals surface area contributed by atoms with Crippen LogP contribution in [0.5, 0.6) is 11.5 Å². The number of nitrogens with one attached hydrogen (secondary N) is 2. The molecule has 0 aliphatic rings. The highest BCUT2D eigenvalue weighted by Gasteiger charge is 2.05. The largest absolute Gasteiger partial charge is 0.457 e. The van der Waals surface area contributed by atoms with Crippen LogP contribution in [0.25, 0.3) is 0 Å². The number of hydrogen-bond donors (Lipinski definition) is 2. The summed E-state index contributed by atoms with van der Waals surface area (Å²) in [6, 6.07) is 23.5. The van der Waals surface area contributed by atoms with Gasteiger partial charge in [-0.05, 0) is 92.1 Å². The van der Waals surface area contributed by atoms with Gasteiger partial charge in [-0.25, -0.2) is 4.98 Å². The molecule has 0 aliphatic heterocycles. The number of hydrogen-bond acceptors (Lipinski definition) is 5. The van der Waals surface area contributed by atoms with Crippen LogP contribution in [0, 0.1) is 20.8 Å². The second kappa shape index (κ2) is 8.66. The summed E-state index contributed by atoms with van der Waals surface area (Å²) in [6.45, 7) is 6.37. The fourth-order valence-corrected chi connectivity index (χ4v) is 3.10. The third kappa shape index (κ3) is 4.75. The van der Waals surface area contributed by atoms with Crippen LogP contribution in [-0.2, 0) is 0 Å². The number of ether oxygens (including phenoxy) is 1. The molecule has 150 valence electrons. The highest BCUT2D eigenvalue weighted by Crippen LogP contribution is 2.25. The SMILES string of the molecule is Cc1cc(Nc2ccnc(Nc3ccc(Oc4ccccc4)cc3)n2)cc(C)c1C. The van der Waals surface area contributed by atoms with E-state index in [4.69, 9.17) is 4.74 Å². The van der Waals surface area contributed by atoms with E-state index in [1.807, 2.05) is 60.7 Å². The van der Waals surface area contributed by atoms with Crippen LogP contribution in [0.3, 0.4) is 0 Å². The molecule has 0 radical (unpaired) electrons. The van der Waals surface area contributed by atoms with E-state index < -0.39 is 0 Å². The molecule has 3 aromatic carbocycles. The maximum absolute atomic E-state index is 5.83. The molecular weight excluding hydrogens is 372 g/mol. The fourth-order valence-electron chi connectivity index (χ4n) is 3.10. The molecule has 2 N–H and O–H groups in total. The Hall–Kier alpha value is -3.86.